The number of rotatable bonds is 3. The van der Waals surface area contributed by atoms with Gasteiger partial charge < -0.3 is 4.57 Å². The topological polar surface area (TPSA) is 3.24 Å². The minimum absolute atomic E-state index is 0.111. The van der Waals surface area contributed by atoms with E-state index in [1.165, 1.54) is 25.9 Å². The lowest BCUT2D eigenvalue weighted by atomic mass is 10.4. The normalized spacial score (nSPS) is 23.2. The van der Waals surface area contributed by atoms with E-state index in [1.54, 1.807) is 0 Å². The van der Waals surface area contributed by atoms with Gasteiger partial charge in [0.1, 0.15) is 0 Å². The molecule has 1 aliphatic heterocycles. The van der Waals surface area contributed by atoms with Gasteiger partial charge in [-0.3, -0.25) is 0 Å². The van der Waals surface area contributed by atoms with Crippen LogP contribution in [0.4, 0.5) is 0 Å². The maximum atomic E-state index is 2.77. The van der Waals surface area contributed by atoms with Crippen molar-refractivity contribution in [1.29, 1.82) is 0 Å². The minimum atomic E-state index is 0.111. The molecule has 3 heteroatoms. The van der Waals surface area contributed by atoms with Gasteiger partial charge in [-0.05, 0) is 30.6 Å². The molecule has 0 amide bonds. The lowest BCUT2D eigenvalue weighted by Gasteiger charge is -2.27. The third kappa shape index (κ3) is 3.09. The van der Waals surface area contributed by atoms with Crippen LogP contribution in [-0.4, -0.2) is 36.9 Å². The monoisotopic (exact) mass is 187 g/mol. The summed E-state index contributed by atoms with van der Waals surface area (Å²) in [5, 5.41) is 0. The molecule has 0 atom stereocenters. The van der Waals surface area contributed by atoms with Crippen LogP contribution in [-0.2, 0) is 0 Å². The maximum absolute atomic E-state index is 2.77. The largest absolute Gasteiger partial charge is 0.329 e. The summed E-state index contributed by atoms with van der Waals surface area (Å²) in [7, 11) is 0.339. The van der Waals surface area contributed by atoms with E-state index in [2.05, 4.69) is 25.0 Å². The van der Waals surface area contributed by atoms with Crippen molar-refractivity contribution in [2.24, 2.45) is 0 Å². The zero-order chi connectivity index (χ0) is 8.32. The Balaban J connectivity index is 2.28. The fourth-order valence-electron chi connectivity index (χ4n) is 1.66. The van der Waals surface area contributed by atoms with Crippen molar-refractivity contribution < 1.29 is 0 Å². The second kappa shape index (κ2) is 3.87. The van der Waals surface area contributed by atoms with Crippen molar-refractivity contribution in [3.05, 3.63) is 0 Å². The van der Waals surface area contributed by atoms with Crippen LogP contribution in [0.3, 0.4) is 0 Å². The Morgan fingerprint density at radius 3 is 2.18 bits per heavy atom. The van der Waals surface area contributed by atoms with E-state index in [0.717, 1.165) is 4.66 Å². The molecule has 0 spiro atoms. The summed E-state index contributed by atoms with van der Waals surface area (Å²) < 4.78 is 3.58. The Kier molecular flexibility index (Phi) is 3.34. The molecule has 0 radical (unpaired) electrons. The van der Waals surface area contributed by atoms with E-state index < -0.39 is 0 Å². The third-order valence-corrected chi connectivity index (χ3v) is 8.83. The Hall–Kier alpha value is 0.394. The molecule has 0 aromatic rings. The average molecular weight is 187 g/mol. The molecule has 0 aromatic heterocycles. The highest BCUT2D eigenvalue weighted by Gasteiger charge is 2.22. The summed E-state index contributed by atoms with van der Waals surface area (Å²) in [5.74, 6) is 0. The van der Waals surface area contributed by atoms with Crippen LogP contribution in [0.1, 0.15) is 26.7 Å². The van der Waals surface area contributed by atoms with Crippen LogP contribution in [0.25, 0.3) is 0 Å². The molecule has 0 N–H and O–H groups in total. The third-order valence-electron chi connectivity index (χ3n) is 2.81. The Labute approximate surface area is 75.3 Å². The molecular weight excluding hydrogens is 166 g/mol. The highest BCUT2D eigenvalue weighted by Crippen LogP contribution is 2.23. The lowest BCUT2D eigenvalue weighted by molar-refractivity contribution is 0.536. The number of hydrogen-bond acceptors (Lipinski definition) is 1. The molecule has 1 fully saturated rings. The van der Waals surface area contributed by atoms with Gasteiger partial charge in [0.25, 0.3) is 0 Å². The lowest BCUT2D eigenvalue weighted by Crippen LogP contribution is -2.34. The highest BCUT2D eigenvalue weighted by atomic mass is 28.3. The highest BCUT2D eigenvalue weighted by molar-refractivity contribution is 6.59. The number of hydrogen-bond donors (Lipinski definition) is 0. The van der Waals surface area contributed by atoms with Gasteiger partial charge in [0.05, 0.1) is 9.68 Å². The van der Waals surface area contributed by atoms with E-state index in [-0.39, 0.29) is 19.2 Å². The van der Waals surface area contributed by atoms with Crippen LogP contribution in [0.15, 0.2) is 0 Å². The van der Waals surface area contributed by atoms with E-state index >= 15 is 0 Å². The first-order valence-electron chi connectivity index (χ1n) is 4.86. The molecule has 0 saturated carbocycles. The van der Waals surface area contributed by atoms with Crippen molar-refractivity contribution in [1.82, 2.24) is 4.57 Å². The van der Waals surface area contributed by atoms with Crippen LogP contribution in [0, 0.1) is 0 Å². The van der Waals surface area contributed by atoms with Crippen LogP contribution < -0.4 is 0 Å². The number of nitrogens with zero attached hydrogens (tertiary/aromatic N) is 1. The predicted molar refractivity (Wildman–Crippen MR) is 57.8 cm³/mol. The minimum Gasteiger partial charge on any atom is -0.329 e. The zero-order valence-corrected chi connectivity index (χ0v) is 11.0. The van der Waals surface area contributed by atoms with Gasteiger partial charge in [0, 0.05) is 9.52 Å². The molecule has 66 valence electrons. The van der Waals surface area contributed by atoms with Crippen LogP contribution in [0.2, 0.25) is 11.2 Å². The summed E-state index contributed by atoms with van der Waals surface area (Å²) in [6.45, 7) is 10.3. The van der Waals surface area contributed by atoms with Crippen molar-refractivity contribution in [2.75, 3.05) is 13.1 Å². The van der Waals surface area contributed by atoms with Gasteiger partial charge in [-0.15, -0.1) is 0 Å². The van der Waals surface area contributed by atoms with Gasteiger partial charge in [-0.25, -0.2) is 0 Å². The van der Waals surface area contributed by atoms with Crippen LogP contribution >= 0.6 is 0 Å². The molecule has 11 heavy (non-hydrogen) atoms. The van der Waals surface area contributed by atoms with Gasteiger partial charge in [0.15, 0.2) is 0 Å². The molecule has 0 aromatic carbocycles. The Bertz CT molecular complexity index is 119. The average Bonchev–Trinajstić information content (AvgIpc) is 2.39. The molecule has 1 nitrogen and oxygen atoms in total. The molecule has 0 bridgehead atoms. The predicted octanol–water partition coefficient (Wildman–Crippen LogP) is 0.539. The first-order valence-corrected chi connectivity index (χ1v) is 8.32. The molecule has 1 aliphatic rings. The van der Waals surface area contributed by atoms with E-state index in [4.69, 9.17) is 0 Å². The SMILES string of the molecule is C[SiH2]C(C)(C)[SiH2]N1CCCC1. The second-order valence-corrected chi connectivity index (χ2v) is 11.2. The van der Waals surface area contributed by atoms with Crippen LogP contribution in [0.5, 0.6) is 0 Å². The Morgan fingerprint density at radius 2 is 1.73 bits per heavy atom. The standard InChI is InChI=1S/C8H21NSi2/c1-8(2,10-3)11-9-6-4-5-7-9/h4-7,10-11H2,1-3H3. The smallest absolute Gasteiger partial charge is 0.0974 e. The summed E-state index contributed by atoms with van der Waals surface area (Å²) in [6.07, 6.45) is 2.93. The Morgan fingerprint density at radius 1 is 1.18 bits per heavy atom. The van der Waals surface area contributed by atoms with Crippen molar-refractivity contribution >= 4 is 19.2 Å². The molecular formula is C8H21NSi2. The van der Waals surface area contributed by atoms with E-state index in [9.17, 15) is 0 Å². The zero-order valence-electron chi connectivity index (χ0n) is 8.19. The summed E-state index contributed by atoms with van der Waals surface area (Å²) >= 11 is 0. The summed E-state index contributed by atoms with van der Waals surface area (Å²) in [4.78, 5) is 0. The second-order valence-electron chi connectivity index (χ2n) is 4.50. The fraction of sp³-hybridized carbons (Fsp3) is 1.00. The van der Waals surface area contributed by atoms with E-state index in [0.29, 0.717) is 0 Å². The maximum Gasteiger partial charge on any atom is 0.0974 e. The van der Waals surface area contributed by atoms with E-state index in [1.807, 2.05) is 0 Å². The summed E-state index contributed by atoms with van der Waals surface area (Å²) in [6, 6.07) is 0. The first kappa shape index (κ1) is 9.48. The van der Waals surface area contributed by atoms with Gasteiger partial charge in [-0.1, -0.05) is 20.4 Å². The fourth-order valence-corrected chi connectivity index (χ4v) is 5.48. The van der Waals surface area contributed by atoms with Gasteiger partial charge in [-0.2, -0.15) is 0 Å². The molecule has 0 aliphatic carbocycles. The van der Waals surface area contributed by atoms with Gasteiger partial charge >= 0.3 is 0 Å². The molecule has 1 saturated heterocycles. The quantitative estimate of drug-likeness (QED) is 0.583. The first-order chi connectivity index (χ1) is 5.14. The van der Waals surface area contributed by atoms with Crippen molar-refractivity contribution in [3.8, 4) is 0 Å². The van der Waals surface area contributed by atoms with Gasteiger partial charge in [0.2, 0.25) is 0 Å². The molecule has 1 rings (SSSR count). The molecule has 1 heterocycles. The van der Waals surface area contributed by atoms with Crippen molar-refractivity contribution in [2.45, 2.75) is 37.9 Å². The summed E-state index contributed by atoms with van der Waals surface area (Å²) in [5.41, 5.74) is 0. The van der Waals surface area contributed by atoms with Crippen molar-refractivity contribution in [3.63, 3.8) is 0 Å². The molecule has 0 unspecified atom stereocenters.